The maximum Gasteiger partial charge on any atom is 0.234 e. The minimum Gasteiger partial charge on any atom is -0.454 e. The first kappa shape index (κ1) is 18.0. The number of carbonyl (C=O) groups is 2. The van der Waals surface area contributed by atoms with Gasteiger partial charge in [-0.2, -0.15) is 4.68 Å². The highest BCUT2D eigenvalue weighted by Crippen LogP contribution is 2.34. The highest BCUT2D eigenvalue weighted by atomic mass is 32.2. The summed E-state index contributed by atoms with van der Waals surface area (Å²) in [7, 11) is 0. The molecule has 0 saturated heterocycles. The molecule has 0 saturated carbocycles. The third-order valence-corrected chi connectivity index (χ3v) is 4.85. The molecule has 1 N–H and O–H groups in total. The van der Waals surface area contributed by atoms with Crippen molar-refractivity contribution in [1.29, 1.82) is 0 Å². The molecule has 1 aliphatic heterocycles. The first-order chi connectivity index (χ1) is 13.6. The lowest BCUT2D eigenvalue weighted by molar-refractivity contribution is -0.113. The van der Waals surface area contributed by atoms with E-state index in [1.807, 2.05) is 0 Å². The SMILES string of the molecule is CC(=O)c1cccc(NC(=O)CSc2nnnn2-c2ccc3c(c2)OCO3)c1. The normalized spacial score (nSPS) is 12.0. The summed E-state index contributed by atoms with van der Waals surface area (Å²) in [5, 5.41) is 14.9. The number of aromatic nitrogens is 4. The number of anilines is 1. The van der Waals surface area contributed by atoms with E-state index in [9.17, 15) is 9.59 Å². The Morgan fingerprint density at radius 1 is 1.18 bits per heavy atom. The number of ketones is 1. The summed E-state index contributed by atoms with van der Waals surface area (Å²) in [4.78, 5) is 23.7. The molecule has 9 nitrogen and oxygen atoms in total. The number of fused-ring (bicyclic) bond motifs is 1. The monoisotopic (exact) mass is 397 g/mol. The molecule has 0 bridgehead atoms. The van der Waals surface area contributed by atoms with Crippen LogP contribution in [-0.4, -0.2) is 44.4 Å². The number of nitrogens with one attached hydrogen (secondary N) is 1. The lowest BCUT2D eigenvalue weighted by Crippen LogP contribution is -2.15. The van der Waals surface area contributed by atoms with Gasteiger partial charge in [-0.3, -0.25) is 9.59 Å². The van der Waals surface area contributed by atoms with E-state index in [1.165, 1.54) is 23.4 Å². The molecule has 1 aliphatic rings. The molecule has 0 radical (unpaired) electrons. The van der Waals surface area contributed by atoms with Gasteiger partial charge in [-0.25, -0.2) is 0 Å². The lowest BCUT2D eigenvalue weighted by atomic mass is 10.1. The molecular weight excluding hydrogens is 382 g/mol. The fraction of sp³-hybridized carbons (Fsp3) is 0.167. The van der Waals surface area contributed by atoms with Crippen LogP contribution in [0.4, 0.5) is 5.69 Å². The van der Waals surface area contributed by atoms with Crippen molar-refractivity contribution in [3.8, 4) is 17.2 Å². The van der Waals surface area contributed by atoms with Gasteiger partial charge in [0.15, 0.2) is 17.3 Å². The van der Waals surface area contributed by atoms with E-state index in [0.717, 1.165) is 0 Å². The number of rotatable bonds is 6. The topological polar surface area (TPSA) is 108 Å². The molecule has 10 heteroatoms. The zero-order valence-electron chi connectivity index (χ0n) is 14.8. The first-order valence-electron chi connectivity index (χ1n) is 8.32. The van der Waals surface area contributed by atoms with Crippen molar-refractivity contribution >= 4 is 29.1 Å². The number of amides is 1. The van der Waals surface area contributed by atoms with Crippen molar-refractivity contribution in [3.05, 3.63) is 48.0 Å². The summed E-state index contributed by atoms with van der Waals surface area (Å²) in [5.74, 6) is 1.10. The molecular formula is C18H15N5O4S. The standard InChI is InChI=1S/C18H15N5O4S/c1-11(24)12-3-2-4-13(7-12)19-17(25)9-28-18-20-21-22-23(18)14-5-6-15-16(8-14)27-10-26-15/h2-8H,9-10H2,1H3,(H,19,25). The fourth-order valence-electron chi connectivity index (χ4n) is 2.59. The molecule has 1 amide bonds. The molecule has 2 heterocycles. The molecule has 1 aromatic heterocycles. The number of thioether (sulfide) groups is 1. The van der Waals surface area contributed by atoms with E-state index >= 15 is 0 Å². The van der Waals surface area contributed by atoms with Crippen molar-refractivity contribution in [2.45, 2.75) is 12.1 Å². The Hall–Kier alpha value is -3.40. The average Bonchev–Trinajstić information content (AvgIpc) is 3.35. The van der Waals surface area contributed by atoms with Gasteiger partial charge in [-0.05, 0) is 41.6 Å². The quantitative estimate of drug-likeness (QED) is 0.499. The second-order valence-electron chi connectivity index (χ2n) is 5.88. The molecule has 4 rings (SSSR count). The summed E-state index contributed by atoms with van der Waals surface area (Å²) in [6.45, 7) is 1.66. The lowest BCUT2D eigenvalue weighted by Gasteiger charge is -2.07. The summed E-state index contributed by atoms with van der Waals surface area (Å²) in [6, 6.07) is 12.2. The number of carbonyl (C=O) groups excluding carboxylic acids is 2. The van der Waals surface area contributed by atoms with Gasteiger partial charge in [-0.15, -0.1) is 5.10 Å². The van der Waals surface area contributed by atoms with Gasteiger partial charge < -0.3 is 14.8 Å². The largest absolute Gasteiger partial charge is 0.454 e. The Morgan fingerprint density at radius 2 is 2.04 bits per heavy atom. The van der Waals surface area contributed by atoms with Gasteiger partial charge in [-0.1, -0.05) is 23.9 Å². The molecule has 0 aliphatic carbocycles. The second-order valence-corrected chi connectivity index (χ2v) is 6.83. The molecule has 0 atom stereocenters. The van der Waals surface area contributed by atoms with Crippen molar-refractivity contribution in [1.82, 2.24) is 20.2 Å². The molecule has 142 valence electrons. The number of hydrogen-bond donors (Lipinski definition) is 1. The molecule has 2 aromatic carbocycles. The Balaban J connectivity index is 1.42. The Morgan fingerprint density at radius 3 is 2.89 bits per heavy atom. The Kier molecular flexibility index (Phi) is 4.94. The van der Waals surface area contributed by atoms with Crippen molar-refractivity contribution in [2.24, 2.45) is 0 Å². The van der Waals surface area contributed by atoms with E-state index in [-0.39, 0.29) is 24.2 Å². The number of hydrogen-bond acceptors (Lipinski definition) is 8. The number of benzene rings is 2. The van der Waals surface area contributed by atoms with Gasteiger partial charge in [0.1, 0.15) is 0 Å². The van der Waals surface area contributed by atoms with Gasteiger partial charge in [0.25, 0.3) is 0 Å². The van der Waals surface area contributed by atoms with E-state index < -0.39 is 0 Å². The van der Waals surface area contributed by atoms with Crippen molar-refractivity contribution in [3.63, 3.8) is 0 Å². The number of ether oxygens (including phenoxy) is 2. The summed E-state index contributed by atoms with van der Waals surface area (Å²) in [6.07, 6.45) is 0. The van der Waals surface area contributed by atoms with Gasteiger partial charge in [0, 0.05) is 17.3 Å². The highest BCUT2D eigenvalue weighted by molar-refractivity contribution is 7.99. The maximum atomic E-state index is 12.3. The summed E-state index contributed by atoms with van der Waals surface area (Å²) < 4.78 is 12.2. The number of nitrogens with zero attached hydrogens (tertiary/aromatic N) is 4. The van der Waals surface area contributed by atoms with Crippen LogP contribution in [0.1, 0.15) is 17.3 Å². The average molecular weight is 397 g/mol. The zero-order chi connectivity index (χ0) is 19.5. The van der Waals surface area contributed by atoms with Crippen LogP contribution in [0.25, 0.3) is 5.69 Å². The smallest absolute Gasteiger partial charge is 0.234 e. The van der Waals surface area contributed by atoms with Gasteiger partial charge in [0.05, 0.1) is 11.4 Å². The van der Waals surface area contributed by atoms with Crippen LogP contribution < -0.4 is 14.8 Å². The number of tetrazole rings is 1. The van der Waals surface area contributed by atoms with Crippen LogP contribution in [0.15, 0.2) is 47.6 Å². The van der Waals surface area contributed by atoms with Crippen LogP contribution in [-0.2, 0) is 4.79 Å². The maximum absolute atomic E-state index is 12.3. The van der Waals surface area contributed by atoms with Crippen LogP contribution in [0.5, 0.6) is 11.5 Å². The molecule has 28 heavy (non-hydrogen) atoms. The third-order valence-electron chi connectivity index (χ3n) is 3.93. The highest BCUT2D eigenvalue weighted by Gasteiger charge is 2.17. The van der Waals surface area contributed by atoms with Crippen LogP contribution in [0.3, 0.4) is 0 Å². The van der Waals surface area contributed by atoms with E-state index in [0.29, 0.717) is 33.6 Å². The molecule has 0 fully saturated rings. The Labute approximate surface area is 164 Å². The van der Waals surface area contributed by atoms with Gasteiger partial charge in [0.2, 0.25) is 17.9 Å². The fourth-order valence-corrected chi connectivity index (χ4v) is 3.28. The molecule has 0 unspecified atom stereocenters. The van der Waals surface area contributed by atoms with Crippen molar-refractivity contribution in [2.75, 3.05) is 17.9 Å². The van der Waals surface area contributed by atoms with E-state index in [2.05, 4.69) is 20.8 Å². The molecule has 0 spiro atoms. The molecule has 3 aromatic rings. The minimum atomic E-state index is -0.231. The third kappa shape index (κ3) is 3.81. The second kappa shape index (κ2) is 7.69. The number of Topliss-reactive ketones (excluding diaryl/α,β-unsaturated/α-hetero) is 1. The van der Waals surface area contributed by atoms with Crippen LogP contribution in [0.2, 0.25) is 0 Å². The predicted molar refractivity (Wildman–Crippen MR) is 101 cm³/mol. The Bertz CT molecular complexity index is 1050. The summed E-state index contributed by atoms with van der Waals surface area (Å²) in [5.41, 5.74) is 1.80. The van der Waals surface area contributed by atoms with Gasteiger partial charge >= 0.3 is 0 Å². The first-order valence-corrected chi connectivity index (χ1v) is 9.31. The summed E-state index contributed by atoms with van der Waals surface area (Å²) >= 11 is 1.20. The van der Waals surface area contributed by atoms with E-state index in [4.69, 9.17) is 9.47 Å². The van der Waals surface area contributed by atoms with E-state index in [1.54, 1.807) is 42.5 Å². The van der Waals surface area contributed by atoms with Crippen LogP contribution in [0, 0.1) is 0 Å². The zero-order valence-corrected chi connectivity index (χ0v) is 15.6. The minimum absolute atomic E-state index is 0.0617. The van der Waals surface area contributed by atoms with Crippen LogP contribution >= 0.6 is 11.8 Å². The predicted octanol–water partition coefficient (Wildman–Crippen LogP) is 2.32. The van der Waals surface area contributed by atoms with Crippen molar-refractivity contribution < 1.29 is 19.1 Å².